The number of rotatable bonds is 8. The maximum Gasteiger partial charge on any atom is 0.260 e. The molecule has 1 heterocycles. The Morgan fingerprint density at radius 1 is 1.21 bits per heavy atom. The summed E-state index contributed by atoms with van der Waals surface area (Å²) in [6, 6.07) is 9.92. The molecule has 0 fully saturated rings. The lowest BCUT2D eigenvalue weighted by molar-refractivity contribution is -0.134. The normalized spacial score (nSPS) is 10.8. The highest BCUT2D eigenvalue weighted by molar-refractivity contribution is 6.33. The molecular formula is C20H18ClF2N3O3. The van der Waals surface area contributed by atoms with Crippen molar-refractivity contribution in [2.45, 2.75) is 19.9 Å². The van der Waals surface area contributed by atoms with Gasteiger partial charge in [-0.1, -0.05) is 30.7 Å². The van der Waals surface area contributed by atoms with Gasteiger partial charge in [0, 0.05) is 12.6 Å². The summed E-state index contributed by atoms with van der Waals surface area (Å²) in [6.45, 7) is 1.98. The highest BCUT2D eigenvalue weighted by atomic mass is 35.5. The Balaban J connectivity index is 1.66. The zero-order valence-electron chi connectivity index (χ0n) is 15.6. The second-order valence-electron chi connectivity index (χ2n) is 6.16. The minimum Gasteiger partial charge on any atom is -0.481 e. The number of benzene rings is 2. The van der Waals surface area contributed by atoms with Gasteiger partial charge in [-0.15, -0.1) is 10.2 Å². The van der Waals surface area contributed by atoms with Crippen molar-refractivity contribution < 1.29 is 22.7 Å². The van der Waals surface area contributed by atoms with Crippen molar-refractivity contribution in [3.63, 3.8) is 0 Å². The molecule has 1 amide bonds. The summed E-state index contributed by atoms with van der Waals surface area (Å²) < 4.78 is 37.4. The van der Waals surface area contributed by atoms with Gasteiger partial charge in [0.25, 0.3) is 5.91 Å². The average molecular weight is 422 g/mol. The summed E-state index contributed by atoms with van der Waals surface area (Å²) in [5.41, 5.74) is 0.594. The second-order valence-corrected chi connectivity index (χ2v) is 6.57. The standard InChI is InChI=1S/C20H18ClF2N3O3/c1-2-9-26(19(27)12-28-17-8-7-13(22)10-16(17)23)11-18-24-25-20(29-18)14-5-3-4-6-15(14)21/h3-8,10H,2,9,11-12H2,1H3. The molecule has 0 atom stereocenters. The molecule has 3 rings (SSSR count). The van der Waals surface area contributed by atoms with Gasteiger partial charge in [-0.3, -0.25) is 4.79 Å². The Kier molecular flexibility index (Phi) is 6.77. The lowest BCUT2D eigenvalue weighted by Crippen LogP contribution is -2.35. The molecule has 1 aromatic heterocycles. The lowest BCUT2D eigenvalue weighted by atomic mass is 10.2. The van der Waals surface area contributed by atoms with Crippen molar-refractivity contribution in [3.05, 3.63) is 65.0 Å². The van der Waals surface area contributed by atoms with E-state index in [1.165, 1.54) is 4.90 Å². The molecule has 0 spiro atoms. The van der Waals surface area contributed by atoms with Gasteiger partial charge in [0.15, 0.2) is 18.2 Å². The van der Waals surface area contributed by atoms with Crippen molar-refractivity contribution in [1.82, 2.24) is 15.1 Å². The molecule has 0 aliphatic heterocycles. The van der Waals surface area contributed by atoms with Gasteiger partial charge >= 0.3 is 0 Å². The van der Waals surface area contributed by atoms with Crippen molar-refractivity contribution in [2.75, 3.05) is 13.2 Å². The van der Waals surface area contributed by atoms with E-state index in [4.69, 9.17) is 20.8 Å². The third-order valence-corrected chi connectivity index (χ3v) is 4.32. The minimum absolute atomic E-state index is 0.0688. The van der Waals surface area contributed by atoms with Crippen LogP contribution in [0.1, 0.15) is 19.2 Å². The first-order chi connectivity index (χ1) is 14.0. The summed E-state index contributed by atoms with van der Waals surface area (Å²) in [5, 5.41) is 8.42. The van der Waals surface area contributed by atoms with Crippen molar-refractivity contribution in [2.24, 2.45) is 0 Å². The maximum atomic E-state index is 13.7. The number of aromatic nitrogens is 2. The van der Waals surface area contributed by atoms with Crippen LogP contribution in [0.15, 0.2) is 46.9 Å². The van der Waals surface area contributed by atoms with Crippen LogP contribution in [0.4, 0.5) is 8.78 Å². The van der Waals surface area contributed by atoms with Gasteiger partial charge in [-0.05, 0) is 30.7 Å². The summed E-state index contributed by atoms with van der Waals surface area (Å²) >= 11 is 6.13. The van der Waals surface area contributed by atoms with E-state index in [1.54, 1.807) is 24.3 Å². The van der Waals surface area contributed by atoms with Crippen LogP contribution in [-0.4, -0.2) is 34.2 Å². The third kappa shape index (κ3) is 5.29. The lowest BCUT2D eigenvalue weighted by Gasteiger charge is -2.20. The Bertz CT molecular complexity index is 997. The monoisotopic (exact) mass is 421 g/mol. The number of halogens is 3. The fourth-order valence-corrected chi connectivity index (χ4v) is 2.83. The van der Waals surface area contributed by atoms with E-state index in [9.17, 15) is 13.6 Å². The smallest absolute Gasteiger partial charge is 0.260 e. The van der Waals surface area contributed by atoms with Crippen LogP contribution in [0.3, 0.4) is 0 Å². The van der Waals surface area contributed by atoms with Crippen LogP contribution in [0.25, 0.3) is 11.5 Å². The molecular weight excluding hydrogens is 404 g/mol. The minimum atomic E-state index is -0.874. The topological polar surface area (TPSA) is 68.5 Å². The fourth-order valence-electron chi connectivity index (χ4n) is 2.61. The van der Waals surface area contributed by atoms with Crippen LogP contribution < -0.4 is 4.74 Å². The first kappa shape index (κ1) is 20.7. The van der Waals surface area contributed by atoms with Crippen LogP contribution in [0, 0.1) is 11.6 Å². The van der Waals surface area contributed by atoms with Gasteiger partial charge in [-0.2, -0.15) is 0 Å². The SMILES string of the molecule is CCCN(Cc1nnc(-c2ccccc2Cl)o1)C(=O)COc1ccc(F)cc1F. The predicted molar refractivity (Wildman–Crippen MR) is 102 cm³/mol. The molecule has 152 valence electrons. The van der Waals surface area contributed by atoms with E-state index in [2.05, 4.69) is 10.2 Å². The first-order valence-electron chi connectivity index (χ1n) is 8.90. The van der Waals surface area contributed by atoms with E-state index >= 15 is 0 Å². The highest BCUT2D eigenvalue weighted by Gasteiger charge is 2.19. The molecule has 0 aliphatic carbocycles. The van der Waals surface area contributed by atoms with E-state index in [1.807, 2.05) is 6.92 Å². The molecule has 0 saturated carbocycles. The number of ether oxygens (including phenoxy) is 1. The van der Waals surface area contributed by atoms with Crippen LogP contribution >= 0.6 is 11.6 Å². The van der Waals surface area contributed by atoms with Gasteiger partial charge in [0.1, 0.15) is 5.82 Å². The number of hydrogen-bond donors (Lipinski definition) is 0. The number of carbonyl (C=O) groups is 1. The molecule has 3 aromatic rings. The molecule has 0 N–H and O–H groups in total. The summed E-state index contributed by atoms with van der Waals surface area (Å²) in [5.74, 6) is -1.71. The van der Waals surface area contributed by atoms with E-state index in [-0.39, 0.29) is 24.1 Å². The van der Waals surface area contributed by atoms with E-state index < -0.39 is 24.1 Å². The van der Waals surface area contributed by atoms with Crippen molar-refractivity contribution in [1.29, 1.82) is 0 Å². The second kappa shape index (κ2) is 9.47. The molecule has 0 unspecified atom stereocenters. The van der Waals surface area contributed by atoms with Crippen LogP contribution in [0.5, 0.6) is 5.75 Å². The summed E-state index contributed by atoms with van der Waals surface area (Å²) in [7, 11) is 0. The Morgan fingerprint density at radius 3 is 2.72 bits per heavy atom. The number of carbonyl (C=O) groups excluding carboxylic acids is 1. The van der Waals surface area contributed by atoms with E-state index in [0.29, 0.717) is 29.6 Å². The van der Waals surface area contributed by atoms with Crippen LogP contribution in [0.2, 0.25) is 5.02 Å². The summed E-state index contributed by atoms with van der Waals surface area (Å²) in [6.07, 6.45) is 0.683. The zero-order valence-corrected chi connectivity index (χ0v) is 16.3. The summed E-state index contributed by atoms with van der Waals surface area (Å²) in [4.78, 5) is 14.0. The average Bonchev–Trinajstić information content (AvgIpc) is 3.15. The van der Waals surface area contributed by atoms with E-state index in [0.717, 1.165) is 12.1 Å². The van der Waals surface area contributed by atoms with Gasteiger partial charge in [-0.25, -0.2) is 8.78 Å². The first-order valence-corrected chi connectivity index (χ1v) is 9.28. The molecule has 29 heavy (non-hydrogen) atoms. The predicted octanol–water partition coefficient (Wildman–Crippen LogP) is 4.49. The Hall–Kier alpha value is -3.00. The van der Waals surface area contributed by atoms with Crippen molar-refractivity contribution in [3.8, 4) is 17.2 Å². The fraction of sp³-hybridized carbons (Fsp3) is 0.250. The van der Waals surface area contributed by atoms with Gasteiger partial charge in [0.2, 0.25) is 11.8 Å². The number of nitrogens with zero attached hydrogens (tertiary/aromatic N) is 3. The molecule has 0 aliphatic rings. The quantitative estimate of drug-likeness (QED) is 0.536. The Morgan fingerprint density at radius 2 is 2.00 bits per heavy atom. The van der Waals surface area contributed by atoms with Crippen molar-refractivity contribution >= 4 is 17.5 Å². The zero-order chi connectivity index (χ0) is 20.8. The number of hydrogen-bond acceptors (Lipinski definition) is 5. The highest BCUT2D eigenvalue weighted by Crippen LogP contribution is 2.26. The molecule has 9 heteroatoms. The van der Waals surface area contributed by atoms with Crippen LogP contribution in [-0.2, 0) is 11.3 Å². The third-order valence-electron chi connectivity index (χ3n) is 3.99. The largest absolute Gasteiger partial charge is 0.481 e. The molecule has 6 nitrogen and oxygen atoms in total. The molecule has 2 aromatic carbocycles. The molecule has 0 bridgehead atoms. The van der Waals surface area contributed by atoms with Gasteiger partial charge < -0.3 is 14.1 Å². The van der Waals surface area contributed by atoms with Gasteiger partial charge in [0.05, 0.1) is 17.1 Å². The maximum absolute atomic E-state index is 13.7. The molecule has 0 radical (unpaired) electrons. The Labute approximate surface area is 171 Å². The molecule has 0 saturated heterocycles. The number of amides is 1.